The molecule has 0 N–H and O–H groups in total. The zero-order valence-electron chi connectivity index (χ0n) is 13.8. The number of amides is 1. The molecule has 0 radical (unpaired) electrons. The minimum absolute atomic E-state index is 0.177. The first-order valence-electron chi connectivity index (χ1n) is 9.12. The molecular weight excluding hydrogens is 278 g/mol. The fraction of sp³-hybridized carbons (Fsp3) is 0.944. The van der Waals surface area contributed by atoms with E-state index in [-0.39, 0.29) is 5.91 Å². The molecule has 2 aliphatic heterocycles. The van der Waals surface area contributed by atoms with Crippen molar-refractivity contribution in [1.29, 1.82) is 0 Å². The molecule has 4 nitrogen and oxygen atoms in total. The zero-order valence-corrected chi connectivity index (χ0v) is 13.8. The number of likely N-dealkylation sites (tertiary alicyclic amines) is 1. The van der Waals surface area contributed by atoms with Crippen LogP contribution in [0.1, 0.15) is 44.9 Å². The molecule has 1 amide bonds. The summed E-state index contributed by atoms with van der Waals surface area (Å²) < 4.78 is 11.1. The van der Waals surface area contributed by atoms with Crippen LogP contribution in [0.25, 0.3) is 0 Å². The van der Waals surface area contributed by atoms with E-state index < -0.39 is 5.60 Å². The number of carbonyl (C=O) groups excluding carboxylic acids is 1. The monoisotopic (exact) mass is 307 g/mol. The normalized spacial score (nSPS) is 41.1. The molecular formula is C18H29NO3. The summed E-state index contributed by atoms with van der Waals surface area (Å²) in [5, 5.41) is 0. The summed E-state index contributed by atoms with van der Waals surface area (Å²) in [4.78, 5) is 14.8. The molecule has 2 bridgehead atoms. The number of rotatable bonds is 5. The van der Waals surface area contributed by atoms with Crippen molar-refractivity contribution in [2.75, 3.05) is 33.4 Å². The molecule has 0 spiro atoms. The maximum atomic E-state index is 12.8. The zero-order chi connectivity index (χ0) is 15.2. The molecule has 4 rings (SSSR count). The molecule has 4 unspecified atom stereocenters. The van der Waals surface area contributed by atoms with E-state index >= 15 is 0 Å². The Morgan fingerprint density at radius 2 is 2.18 bits per heavy atom. The third kappa shape index (κ3) is 2.48. The average Bonchev–Trinajstić information content (AvgIpc) is 3.18. The summed E-state index contributed by atoms with van der Waals surface area (Å²) >= 11 is 0. The van der Waals surface area contributed by atoms with Crippen molar-refractivity contribution in [3.63, 3.8) is 0 Å². The first-order chi connectivity index (χ1) is 10.7. The minimum Gasteiger partial charge on any atom is -0.381 e. The molecule has 4 heteroatoms. The highest BCUT2D eigenvalue weighted by Crippen LogP contribution is 2.51. The van der Waals surface area contributed by atoms with Gasteiger partial charge in [0, 0.05) is 26.8 Å². The molecule has 2 heterocycles. The van der Waals surface area contributed by atoms with Crippen molar-refractivity contribution >= 4 is 5.91 Å². The molecule has 4 atom stereocenters. The average molecular weight is 307 g/mol. The summed E-state index contributed by atoms with van der Waals surface area (Å²) in [6, 6.07) is 0. The summed E-state index contributed by atoms with van der Waals surface area (Å²) in [5.41, 5.74) is -0.674. The van der Waals surface area contributed by atoms with Crippen LogP contribution in [-0.4, -0.2) is 49.8 Å². The maximum Gasteiger partial charge on any atom is 0.257 e. The fourth-order valence-electron chi connectivity index (χ4n) is 5.54. The Kier molecular flexibility index (Phi) is 3.93. The SMILES string of the molecule is COCC1(C(=O)N2CC(CC3CC4CCC3C4)C2)CCCO1. The van der Waals surface area contributed by atoms with Crippen LogP contribution in [-0.2, 0) is 14.3 Å². The van der Waals surface area contributed by atoms with Gasteiger partial charge in [-0.25, -0.2) is 0 Å². The van der Waals surface area contributed by atoms with E-state index in [1.165, 1.54) is 32.1 Å². The molecule has 22 heavy (non-hydrogen) atoms. The lowest BCUT2D eigenvalue weighted by Gasteiger charge is -2.45. The van der Waals surface area contributed by atoms with E-state index in [4.69, 9.17) is 9.47 Å². The van der Waals surface area contributed by atoms with Crippen molar-refractivity contribution in [2.24, 2.45) is 23.7 Å². The lowest BCUT2D eigenvalue weighted by atomic mass is 9.79. The topological polar surface area (TPSA) is 38.8 Å². The van der Waals surface area contributed by atoms with Crippen LogP contribution in [0.15, 0.2) is 0 Å². The lowest BCUT2D eigenvalue weighted by molar-refractivity contribution is -0.165. The highest BCUT2D eigenvalue weighted by atomic mass is 16.5. The van der Waals surface area contributed by atoms with E-state index in [0.717, 1.165) is 49.6 Å². The van der Waals surface area contributed by atoms with E-state index in [9.17, 15) is 4.79 Å². The van der Waals surface area contributed by atoms with Crippen molar-refractivity contribution in [3.8, 4) is 0 Å². The molecule has 0 aromatic rings. The summed E-state index contributed by atoms with van der Waals surface area (Å²) in [7, 11) is 1.66. The van der Waals surface area contributed by atoms with Gasteiger partial charge in [0.25, 0.3) is 5.91 Å². The van der Waals surface area contributed by atoms with Crippen LogP contribution >= 0.6 is 0 Å². The van der Waals surface area contributed by atoms with E-state index in [2.05, 4.69) is 0 Å². The first kappa shape index (κ1) is 14.9. The number of methoxy groups -OCH3 is 1. The Balaban J connectivity index is 1.28. The number of ether oxygens (including phenoxy) is 2. The van der Waals surface area contributed by atoms with Crippen LogP contribution < -0.4 is 0 Å². The van der Waals surface area contributed by atoms with Gasteiger partial charge >= 0.3 is 0 Å². The largest absolute Gasteiger partial charge is 0.381 e. The summed E-state index contributed by atoms with van der Waals surface area (Å²) in [6.45, 7) is 2.99. The second-order valence-electron chi connectivity index (χ2n) is 8.13. The highest BCUT2D eigenvalue weighted by Gasteiger charge is 2.49. The van der Waals surface area contributed by atoms with Gasteiger partial charge < -0.3 is 14.4 Å². The highest BCUT2D eigenvalue weighted by molar-refractivity contribution is 5.86. The Morgan fingerprint density at radius 1 is 1.32 bits per heavy atom. The number of hydrogen-bond donors (Lipinski definition) is 0. The van der Waals surface area contributed by atoms with Crippen molar-refractivity contribution in [2.45, 2.75) is 50.5 Å². The second-order valence-corrected chi connectivity index (χ2v) is 8.13. The number of nitrogens with zero attached hydrogens (tertiary/aromatic N) is 1. The van der Waals surface area contributed by atoms with Crippen LogP contribution in [0.2, 0.25) is 0 Å². The van der Waals surface area contributed by atoms with Gasteiger partial charge in [0.15, 0.2) is 5.60 Å². The third-order valence-corrected chi connectivity index (χ3v) is 6.64. The van der Waals surface area contributed by atoms with E-state index in [0.29, 0.717) is 13.2 Å². The van der Waals surface area contributed by atoms with Gasteiger partial charge in [-0.3, -0.25) is 4.79 Å². The smallest absolute Gasteiger partial charge is 0.257 e. The van der Waals surface area contributed by atoms with Gasteiger partial charge in [-0.05, 0) is 62.2 Å². The standard InChI is InChI=1S/C18H29NO3/c1-21-12-18(5-2-6-22-18)17(20)19-10-14(11-19)9-16-8-13-3-4-15(16)7-13/h13-16H,2-12H2,1H3. The number of hydrogen-bond acceptors (Lipinski definition) is 3. The number of carbonyl (C=O) groups is 1. The molecule has 4 aliphatic rings. The summed E-state index contributed by atoms with van der Waals surface area (Å²) in [6.07, 6.45) is 9.03. The molecule has 2 aliphatic carbocycles. The van der Waals surface area contributed by atoms with Gasteiger partial charge in [-0.15, -0.1) is 0 Å². The van der Waals surface area contributed by atoms with Crippen LogP contribution in [0.5, 0.6) is 0 Å². The first-order valence-corrected chi connectivity index (χ1v) is 9.12. The van der Waals surface area contributed by atoms with E-state index in [1.807, 2.05) is 4.90 Å². The molecule has 2 saturated carbocycles. The van der Waals surface area contributed by atoms with Crippen LogP contribution in [0, 0.1) is 23.7 Å². The molecule has 2 saturated heterocycles. The molecule has 124 valence electrons. The molecule has 4 fully saturated rings. The number of fused-ring (bicyclic) bond motifs is 2. The molecule has 0 aromatic carbocycles. The van der Waals surface area contributed by atoms with Gasteiger partial charge in [0.2, 0.25) is 0 Å². The maximum absolute atomic E-state index is 12.8. The Bertz CT molecular complexity index is 426. The summed E-state index contributed by atoms with van der Waals surface area (Å²) in [5.74, 6) is 3.90. The molecule has 0 aromatic heterocycles. The van der Waals surface area contributed by atoms with Gasteiger partial charge in [-0.2, -0.15) is 0 Å². The van der Waals surface area contributed by atoms with Crippen molar-refractivity contribution in [3.05, 3.63) is 0 Å². The fourth-order valence-corrected chi connectivity index (χ4v) is 5.54. The minimum atomic E-state index is -0.674. The third-order valence-electron chi connectivity index (χ3n) is 6.64. The Morgan fingerprint density at radius 3 is 2.77 bits per heavy atom. The second kappa shape index (κ2) is 5.79. The van der Waals surface area contributed by atoms with Gasteiger partial charge in [-0.1, -0.05) is 6.42 Å². The lowest BCUT2D eigenvalue weighted by Crippen LogP contribution is -2.59. The van der Waals surface area contributed by atoms with Crippen molar-refractivity contribution in [1.82, 2.24) is 4.90 Å². The van der Waals surface area contributed by atoms with Gasteiger partial charge in [0.05, 0.1) is 6.61 Å². The Hall–Kier alpha value is -0.610. The van der Waals surface area contributed by atoms with Crippen LogP contribution in [0.4, 0.5) is 0 Å². The van der Waals surface area contributed by atoms with Crippen LogP contribution in [0.3, 0.4) is 0 Å². The Labute approximate surface area is 133 Å². The predicted octanol–water partition coefficient (Wildman–Crippen LogP) is 2.47. The van der Waals surface area contributed by atoms with E-state index in [1.54, 1.807) is 7.11 Å². The predicted molar refractivity (Wildman–Crippen MR) is 83.4 cm³/mol. The van der Waals surface area contributed by atoms with Crippen molar-refractivity contribution < 1.29 is 14.3 Å². The van der Waals surface area contributed by atoms with Gasteiger partial charge in [0.1, 0.15) is 0 Å². The quantitative estimate of drug-likeness (QED) is 0.783.